The highest BCUT2D eigenvalue weighted by Crippen LogP contribution is 2.30. The van der Waals surface area contributed by atoms with Crippen LogP contribution in [-0.4, -0.2) is 26.7 Å². The Labute approximate surface area is 137 Å². The van der Waals surface area contributed by atoms with E-state index in [9.17, 15) is 4.79 Å². The van der Waals surface area contributed by atoms with Crippen molar-refractivity contribution in [2.75, 3.05) is 20.8 Å². The Hall–Kier alpha value is -2.33. The monoisotopic (exact) mass is 313 g/mol. The van der Waals surface area contributed by atoms with Gasteiger partial charge in [-0.2, -0.15) is 0 Å². The molecule has 4 heteroatoms. The average Bonchev–Trinajstić information content (AvgIpc) is 2.60. The predicted molar refractivity (Wildman–Crippen MR) is 91.5 cm³/mol. The minimum Gasteiger partial charge on any atom is -0.496 e. The molecule has 0 spiro atoms. The summed E-state index contributed by atoms with van der Waals surface area (Å²) in [5.74, 6) is 0.842. The summed E-state index contributed by atoms with van der Waals surface area (Å²) in [5.41, 5.74) is 3.21. The van der Waals surface area contributed by atoms with Gasteiger partial charge in [-0.3, -0.25) is 4.79 Å². The Morgan fingerprint density at radius 1 is 1.09 bits per heavy atom. The minimum absolute atomic E-state index is 0.00634. The summed E-state index contributed by atoms with van der Waals surface area (Å²) in [6.07, 6.45) is 0.375. The van der Waals surface area contributed by atoms with Crippen LogP contribution in [0.25, 0.3) is 11.1 Å². The zero-order valence-electron chi connectivity index (χ0n) is 13.8. The normalized spacial score (nSPS) is 11.8. The van der Waals surface area contributed by atoms with Gasteiger partial charge < -0.3 is 14.8 Å². The third kappa shape index (κ3) is 4.57. The first kappa shape index (κ1) is 17.0. The van der Waals surface area contributed by atoms with Gasteiger partial charge in [0.25, 0.3) is 0 Å². The molecule has 2 rings (SSSR count). The standard InChI is InChI=1S/C19H23NO3/c1-14(20-19(21)12-13-22-2)15-8-10-16(11-9-15)17-6-4-5-7-18(17)23-3/h4-11,14H,12-13H2,1-3H3,(H,20,21). The fourth-order valence-electron chi connectivity index (χ4n) is 2.43. The Balaban J connectivity index is 2.08. The summed E-state index contributed by atoms with van der Waals surface area (Å²) in [6.45, 7) is 2.41. The van der Waals surface area contributed by atoms with Crippen LogP contribution in [0.15, 0.2) is 48.5 Å². The first-order valence-electron chi connectivity index (χ1n) is 7.67. The largest absolute Gasteiger partial charge is 0.496 e. The molecule has 0 saturated heterocycles. The van der Waals surface area contributed by atoms with Gasteiger partial charge in [0.2, 0.25) is 5.91 Å². The number of carbonyl (C=O) groups is 1. The van der Waals surface area contributed by atoms with Crippen molar-refractivity contribution in [3.05, 3.63) is 54.1 Å². The molecule has 2 aromatic rings. The van der Waals surface area contributed by atoms with Gasteiger partial charge in [-0.25, -0.2) is 0 Å². The zero-order chi connectivity index (χ0) is 16.7. The van der Waals surface area contributed by atoms with Gasteiger partial charge in [0.05, 0.1) is 19.8 Å². The maximum atomic E-state index is 11.7. The van der Waals surface area contributed by atoms with Crippen LogP contribution >= 0.6 is 0 Å². The van der Waals surface area contributed by atoms with Crippen LogP contribution in [-0.2, 0) is 9.53 Å². The van der Waals surface area contributed by atoms with Crippen LogP contribution in [0.4, 0.5) is 0 Å². The lowest BCUT2D eigenvalue weighted by molar-refractivity contribution is -0.122. The predicted octanol–water partition coefficient (Wildman–Crippen LogP) is 3.58. The third-order valence-corrected chi connectivity index (χ3v) is 3.74. The molecule has 0 fully saturated rings. The molecule has 0 bridgehead atoms. The zero-order valence-corrected chi connectivity index (χ0v) is 13.8. The molecule has 0 aliphatic carbocycles. The van der Waals surface area contributed by atoms with Crippen molar-refractivity contribution >= 4 is 5.91 Å². The van der Waals surface area contributed by atoms with Gasteiger partial charge in [0.1, 0.15) is 5.75 Å². The molecular weight excluding hydrogens is 290 g/mol. The van der Waals surface area contributed by atoms with Gasteiger partial charge in [0.15, 0.2) is 0 Å². The van der Waals surface area contributed by atoms with Crippen molar-refractivity contribution in [1.29, 1.82) is 0 Å². The molecule has 0 saturated carbocycles. The number of benzene rings is 2. The number of carbonyl (C=O) groups excluding carboxylic acids is 1. The molecule has 0 heterocycles. The van der Waals surface area contributed by atoms with Crippen LogP contribution < -0.4 is 10.1 Å². The summed E-state index contributed by atoms with van der Waals surface area (Å²) in [4.78, 5) is 11.7. The summed E-state index contributed by atoms with van der Waals surface area (Å²) < 4.78 is 10.3. The van der Waals surface area contributed by atoms with E-state index in [-0.39, 0.29) is 11.9 Å². The van der Waals surface area contributed by atoms with E-state index in [0.29, 0.717) is 13.0 Å². The molecule has 122 valence electrons. The topological polar surface area (TPSA) is 47.6 Å². The summed E-state index contributed by atoms with van der Waals surface area (Å²) in [6, 6.07) is 16.0. The van der Waals surface area contributed by atoms with E-state index in [1.54, 1.807) is 14.2 Å². The second-order valence-electron chi connectivity index (χ2n) is 5.35. The van der Waals surface area contributed by atoms with Gasteiger partial charge >= 0.3 is 0 Å². The van der Waals surface area contributed by atoms with E-state index in [1.807, 2.05) is 55.5 Å². The molecule has 1 N–H and O–H groups in total. The fourth-order valence-corrected chi connectivity index (χ4v) is 2.43. The van der Waals surface area contributed by atoms with Gasteiger partial charge in [-0.1, -0.05) is 42.5 Å². The summed E-state index contributed by atoms with van der Waals surface area (Å²) >= 11 is 0. The molecule has 0 aliphatic rings. The smallest absolute Gasteiger partial charge is 0.222 e. The highest BCUT2D eigenvalue weighted by atomic mass is 16.5. The average molecular weight is 313 g/mol. The molecule has 1 amide bonds. The number of nitrogens with one attached hydrogen (secondary N) is 1. The van der Waals surface area contributed by atoms with E-state index in [4.69, 9.17) is 9.47 Å². The number of amides is 1. The SMILES string of the molecule is COCCC(=O)NC(C)c1ccc(-c2ccccc2OC)cc1. The first-order valence-corrected chi connectivity index (χ1v) is 7.67. The Morgan fingerprint density at radius 2 is 1.78 bits per heavy atom. The van der Waals surface area contributed by atoms with E-state index in [1.165, 1.54) is 0 Å². The number of para-hydroxylation sites is 1. The van der Waals surface area contributed by atoms with Crippen LogP contribution in [0.3, 0.4) is 0 Å². The summed E-state index contributed by atoms with van der Waals surface area (Å²) in [7, 11) is 3.26. The lowest BCUT2D eigenvalue weighted by atomic mass is 10.0. The maximum absolute atomic E-state index is 11.7. The molecule has 0 radical (unpaired) electrons. The first-order chi connectivity index (χ1) is 11.2. The van der Waals surface area contributed by atoms with Crippen molar-refractivity contribution in [3.63, 3.8) is 0 Å². The van der Waals surface area contributed by atoms with E-state index < -0.39 is 0 Å². The highest BCUT2D eigenvalue weighted by molar-refractivity contribution is 5.76. The summed E-state index contributed by atoms with van der Waals surface area (Å²) in [5, 5.41) is 2.97. The molecule has 0 aromatic heterocycles. The van der Waals surface area contributed by atoms with Crippen LogP contribution in [0, 0.1) is 0 Å². The van der Waals surface area contributed by atoms with Crippen LogP contribution in [0.1, 0.15) is 24.9 Å². The highest BCUT2D eigenvalue weighted by Gasteiger charge is 2.10. The van der Waals surface area contributed by atoms with Crippen molar-refractivity contribution in [2.24, 2.45) is 0 Å². The van der Waals surface area contributed by atoms with E-state index in [2.05, 4.69) is 5.32 Å². The molecule has 4 nitrogen and oxygen atoms in total. The minimum atomic E-state index is -0.0360. The fraction of sp³-hybridized carbons (Fsp3) is 0.316. The third-order valence-electron chi connectivity index (χ3n) is 3.74. The van der Waals surface area contributed by atoms with E-state index in [0.717, 1.165) is 22.4 Å². The molecule has 2 aromatic carbocycles. The van der Waals surface area contributed by atoms with Crippen molar-refractivity contribution in [1.82, 2.24) is 5.32 Å². The number of methoxy groups -OCH3 is 2. The molecule has 1 atom stereocenters. The molecule has 0 aliphatic heterocycles. The Bertz CT molecular complexity index is 637. The number of rotatable bonds is 7. The van der Waals surface area contributed by atoms with E-state index >= 15 is 0 Å². The number of ether oxygens (including phenoxy) is 2. The lowest BCUT2D eigenvalue weighted by Crippen LogP contribution is -2.27. The second-order valence-corrected chi connectivity index (χ2v) is 5.35. The number of hydrogen-bond acceptors (Lipinski definition) is 3. The van der Waals surface area contributed by atoms with Gasteiger partial charge in [0, 0.05) is 19.1 Å². The molecule has 23 heavy (non-hydrogen) atoms. The lowest BCUT2D eigenvalue weighted by Gasteiger charge is -2.15. The quantitative estimate of drug-likeness (QED) is 0.850. The van der Waals surface area contributed by atoms with Crippen molar-refractivity contribution < 1.29 is 14.3 Å². The van der Waals surface area contributed by atoms with Gasteiger partial charge in [-0.15, -0.1) is 0 Å². The van der Waals surface area contributed by atoms with Crippen LogP contribution in [0.5, 0.6) is 5.75 Å². The molecular formula is C19H23NO3. The number of hydrogen-bond donors (Lipinski definition) is 1. The Kier molecular flexibility index (Phi) is 6.18. The second kappa shape index (κ2) is 8.34. The van der Waals surface area contributed by atoms with Gasteiger partial charge in [-0.05, 0) is 24.1 Å². The van der Waals surface area contributed by atoms with Crippen LogP contribution in [0.2, 0.25) is 0 Å². The molecule has 1 unspecified atom stereocenters. The van der Waals surface area contributed by atoms with Crippen molar-refractivity contribution in [3.8, 4) is 16.9 Å². The maximum Gasteiger partial charge on any atom is 0.222 e. The Morgan fingerprint density at radius 3 is 2.43 bits per heavy atom. The van der Waals surface area contributed by atoms with Crippen molar-refractivity contribution in [2.45, 2.75) is 19.4 Å².